The second kappa shape index (κ2) is 5.11. The molecule has 0 spiro atoms. The molecule has 20 heavy (non-hydrogen) atoms. The first kappa shape index (κ1) is 14.3. The van der Waals surface area contributed by atoms with Crippen molar-refractivity contribution < 1.29 is 14.0 Å². The zero-order valence-corrected chi connectivity index (χ0v) is 11.8. The zero-order chi connectivity index (χ0) is 14.9. The SMILES string of the molecule is CC(C)(C)NC(=O)N1CCN(c2cccc(F)c2)C1=O. The van der Waals surface area contributed by atoms with Crippen LogP contribution in [0.15, 0.2) is 24.3 Å². The molecule has 0 aliphatic carbocycles. The molecular weight excluding hydrogens is 261 g/mol. The number of amides is 4. The van der Waals surface area contributed by atoms with Gasteiger partial charge in [-0.25, -0.2) is 18.9 Å². The number of carbonyl (C=O) groups is 2. The lowest BCUT2D eigenvalue weighted by molar-refractivity contribution is 0.194. The van der Waals surface area contributed by atoms with Gasteiger partial charge in [-0.1, -0.05) is 6.07 Å². The van der Waals surface area contributed by atoms with Crippen LogP contribution in [0.2, 0.25) is 0 Å². The van der Waals surface area contributed by atoms with Crippen LogP contribution in [0, 0.1) is 5.82 Å². The number of benzene rings is 1. The summed E-state index contributed by atoms with van der Waals surface area (Å²) in [6.07, 6.45) is 0. The van der Waals surface area contributed by atoms with Gasteiger partial charge in [-0.15, -0.1) is 0 Å². The van der Waals surface area contributed by atoms with Gasteiger partial charge in [-0.05, 0) is 39.0 Å². The average Bonchev–Trinajstić information content (AvgIpc) is 2.69. The Morgan fingerprint density at radius 2 is 2.00 bits per heavy atom. The maximum absolute atomic E-state index is 13.2. The van der Waals surface area contributed by atoms with E-state index in [2.05, 4.69) is 5.32 Å². The van der Waals surface area contributed by atoms with Gasteiger partial charge in [0.25, 0.3) is 0 Å². The van der Waals surface area contributed by atoms with Gasteiger partial charge >= 0.3 is 12.1 Å². The van der Waals surface area contributed by atoms with Crippen molar-refractivity contribution in [3.05, 3.63) is 30.1 Å². The first-order valence-corrected chi connectivity index (χ1v) is 6.45. The Balaban J connectivity index is 2.12. The van der Waals surface area contributed by atoms with Crippen LogP contribution >= 0.6 is 0 Å². The summed E-state index contributed by atoms with van der Waals surface area (Å²) in [6.45, 7) is 6.18. The van der Waals surface area contributed by atoms with Gasteiger partial charge < -0.3 is 5.32 Å². The molecule has 2 rings (SSSR count). The maximum atomic E-state index is 13.2. The lowest BCUT2D eigenvalue weighted by atomic mass is 10.1. The van der Waals surface area contributed by atoms with Crippen LogP contribution in [0.25, 0.3) is 0 Å². The standard InChI is InChI=1S/C14H18FN3O2/c1-14(2,3)16-12(19)18-8-7-17(13(18)20)11-6-4-5-10(15)9-11/h4-6,9H,7-8H2,1-3H3,(H,16,19). The minimum absolute atomic E-state index is 0.289. The van der Waals surface area contributed by atoms with Crippen molar-refractivity contribution in [2.75, 3.05) is 18.0 Å². The molecule has 0 bridgehead atoms. The van der Waals surface area contributed by atoms with Gasteiger partial charge in [0.05, 0.1) is 6.54 Å². The van der Waals surface area contributed by atoms with Crippen LogP contribution in [-0.4, -0.2) is 35.6 Å². The van der Waals surface area contributed by atoms with Crippen molar-refractivity contribution in [2.45, 2.75) is 26.3 Å². The number of carbonyl (C=O) groups excluding carboxylic acids is 2. The maximum Gasteiger partial charge on any atom is 0.332 e. The predicted molar refractivity (Wildman–Crippen MR) is 74.1 cm³/mol. The van der Waals surface area contributed by atoms with Gasteiger partial charge in [0, 0.05) is 17.8 Å². The molecule has 1 N–H and O–H groups in total. The Hall–Kier alpha value is -2.11. The molecule has 4 amide bonds. The van der Waals surface area contributed by atoms with Crippen LogP contribution < -0.4 is 10.2 Å². The number of urea groups is 2. The summed E-state index contributed by atoms with van der Waals surface area (Å²) in [7, 11) is 0. The lowest BCUT2D eigenvalue weighted by Crippen LogP contribution is -2.49. The fourth-order valence-electron chi connectivity index (χ4n) is 2.00. The van der Waals surface area contributed by atoms with Gasteiger partial charge in [0.15, 0.2) is 0 Å². The van der Waals surface area contributed by atoms with E-state index in [1.54, 1.807) is 6.07 Å². The normalized spacial score (nSPS) is 15.7. The van der Waals surface area contributed by atoms with Gasteiger partial charge in [-0.2, -0.15) is 0 Å². The first-order valence-electron chi connectivity index (χ1n) is 6.45. The van der Waals surface area contributed by atoms with E-state index in [0.29, 0.717) is 12.2 Å². The highest BCUT2D eigenvalue weighted by Gasteiger charge is 2.35. The molecule has 1 aliphatic heterocycles. The highest BCUT2D eigenvalue weighted by Crippen LogP contribution is 2.21. The molecule has 1 saturated heterocycles. The molecule has 6 heteroatoms. The Labute approximate surface area is 117 Å². The molecule has 1 aliphatic rings. The summed E-state index contributed by atoms with van der Waals surface area (Å²) in [4.78, 5) is 26.8. The number of halogens is 1. The third-order valence-corrected chi connectivity index (χ3v) is 2.86. The summed E-state index contributed by atoms with van der Waals surface area (Å²) in [5, 5.41) is 2.74. The summed E-state index contributed by atoms with van der Waals surface area (Å²) < 4.78 is 13.2. The second-order valence-corrected chi connectivity index (χ2v) is 5.75. The summed E-state index contributed by atoms with van der Waals surface area (Å²) in [5.74, 6) is -0.409. The molecule has 0 aromatic heterocycles. The largest absolute Gasteiger partial charge is 0.333 e. The van der Waals surface area contributed by atoms with Crippen molar-refractivity contribution in [1.29, 1.82) is 0 Å². The molecule has 1 aromatic carbocycles. The van der Waals surface area contributed by atoms with Crippen LogP contribution in [0.1, 0.15) is 20.8 Å². The fraction of sp³-hybridized carbons (Fsp3) is 0.429. The predicted octanol–water partition coefficient (Wildman–Crippen LogP) is 2.58. The van der Waals surface area contributed by atoms with E-state index in [0.717, 1.165) is 4.90 Å². The van der Waals surface area contributed by atoms with Crippen molar-refractivity contribution in [3.63, 3.8) is 0 Å². The molecule has 0 unspecified atom stereocenters. The highest BCUT2D eigenvalue weighted by molar-refractivity contribution is 6.04. The summed E-state index contributed by atoms with van der Waals surface area (Å²) >= 11 is 0. The number of rotatable bonds is 1. The molecule has 0 radical (unpaired) electrons. The van der Waals surface area contributed by atoms with Crippen LogP contribution in [0.5, 0.6) is 0 Å². The van der Waals surface area contributed by atoms with Crippen LogP contribution in [0.3, 0.4) is 0 Å². The van der Waals surface area contributed by atoms with E-state index in [9.17, 15) is 14.0 Å². The van der Waals surface area contributed by atoms with E-state index in [-0.39, 0.29) is 6.54 Å². The molecule has 108 valence electrons. The Morgan fingerprint density at radius 3 is 2.60 bits per heavy atom. The smallest absolute Gasteiger partial charge is 0.332 e. The number of hydrogen-bond donors (Lipinski definition) is 1. The number of anilines is 1. The van der Waals surface area contributed by atoms with Crippen molar-refractivity contribution in [3.8, 4) is 0 Å². The number of nitrogens with zero attached hydrogens (tertiary/aromatic N) is 2. The van der Waals surface area contributed by atoms with E-state index in [1.807, 2.05) is 20.8 Å². The lowest BCUT2D eigenvalue weighted by Gasteiger charge is -2.24. The highest BCUT2D eigenvalue weighted by atomic mass is 19.1. The number of nitrogens with one attached hydrogen (secondary N) is 1. The Bertz CT molecular complexity index is 539. The van der Waals surface area contributed by atoms with Crippen LogP contribution in [-0.2, 0) is 0 Å². The van der Waals surface area contributed by atoms with E-state index in [1.165, 1.54) is 23.1 Å². The van der Waals surface area contributed by atoms with Crippen molar-refractivity contribution in [2.24, 2.45) is 0 Å². The van der Waals surface area contributed by atoms with Gasteiger partial charge in [0.2, 0.25) is 0 Å². The molecule has 5 nitrogen and oxygen atoms in total. The van der Waals surface area contributed by atoms with E-state index < -0.39 is 23.4 Å². The second-order valence-electron chi connectivity index (χ2n) is 5.75. The van der Waals surface area contributed by atoms with E-state index in [4.69, 9.17) is 0 Å². The molecule has 1 fully saturated rings. The van der Waals surface area contributed by atoms with Gasteiger partial charge in [0.1, 0.15) is 5.82 Å². The molecule has 1 heterocycles. The Morgan fingerprint density at radius 1 is 1.30 bits per heavy atom. The summed E-state index contributed by atoms with van der Waals surface area (Å²) in [5.41, 5.74) is 0.0463. The monoisotopic (exact) mass is 279 g/mol. The quantitative estimate of drug-likeness (QED) is 0.859. The van der Waals surface area contributed by atoms with Crippen molar-refractivity contribution >= 4 is 17.7 Å². The number of imide groups is 1. The average molecular weight is 279 g/mol. The van der Waals surface area contributed by atoms with Gasteiger partial charge in [-0.3, -0.25) is 4.90 Å². The molecule has 1 aromatic rings. The fourth-order valence-corrected chi connectivity index (χ4v) is 2.00. The topological polar surface area (TPSA) is 52.7 Å². The summed E-state index contributed by atoms with van der Waals surface area (Å²) in [6, 6.07) is 4.91. The third kappa shape index (κ3) is 3.07. The van der Waals surface area contributed by atoms with Crippen molar-refractivity contribution in [1.82, 2.24) is 10.2 Å². The molecule has 0 saturated carbocycles. The van der Waals surface area contributed by atoms with Crippen LogP contribution in [0.4, 0.5) is 19.7 Å². The van der Waals surface area contributed by atoms with E-state index >= 15 is 0 Å². The first-order chi connectivity index (χ1) is 9.28. The minimum Gasteiger partial charge on any atom is -0.333 e. The molecular formula is C14H18FN3O2. The zero-order valence-electron chi connectivity index (χ0n) is 11.8. The minimum atomic E-state index is -0.433. The Kier molecular flexibility index (Phi) is 3.65. The molecule has 0 atom stereocenters. The number of hydrogen-bond acceptors (Lipinski definition) is 2. The third-order valence-electron chi connectivity index (χ3n) is 2.86.